The van der Waals surface area contributed by atoms with Gasteiger partial charge in [-0.2, -0.15) is 0 Å². The molecule has 0 atom stereocenters. The highest BCUT2D eigenvalue weighted by molar-refractivity contribution is 5.78. The van der Waals surface area contributed by atoms with Gasteiger partial charge in [-0.3, -0.25) is 4.99 Å². The van der Waals surface area contributed by atoms with Crippen molar-refractivity contribution in [1.29, 1.82) is 0 Å². The van der Waals surface area contributed by atoms with Gasteiger partial charge >= 0.3 is 0 Å². The predicted molar refractivity (Wildman–Crippen MR) is 65.1 cm³/mol. The zero-order valence-corrected chi connectivity index (χ0v) is 10.5. The molecule has 0 aliphatic heterocycles. The van der Waals surface area contributed by atoms with Crippen LogP contribution in [-0.2, 0) is 4.74 Å². The van der Waals surface area contributed by atoms with Gasteiger partial charge in [0, 0.05) is 26.7 Å². The van der Waals surface area contributed by atoms with Crippen LogP contribution >= 0.6 is 0 Å². The van der Waals surface area contributed by atoms with Crippen molar-refractivity contribution in [2.75, 3.05) is 33.4 Å². The van der Waals surface area contributed by atoms with Crippen molar-refractivity contribution in [3.05, 3.63) is 0 Å². The minimum atomic E-state index is 0.581. The first kappa shape index (κ1) is 14.2. The van der Waals surface area contributed by atoms with Gasteiger partial charge in [0.1, 0.15) is 0 Å². The maximum atomic E-state index is 5.91. The third kappa shape index (κ3) is 7.19. The first-order chi connectivity index (χ1) is 7.11. The van der Waals surface area contributed by atoms with E-state index in [1.165, 1.54) is 0 Å². The molecule has 0 aromatic rings. The molecule has 90 valence electrons. The normalized spacial score (nSPS) is 12.2. The van der Waals surface area contributed by atoms with Gasteiger partial charge in [0.05, 0.1) is 6.61 Å². The van der Waals surface area contributed by atoms with Crippen molar-refractivity contribution >= 4 is 5.96 Å². The summed E-state index contributed by atoms with van der Waals surface area (Å²) in [4.78, 5) is 6.40. The summed E-state index contributed by atoms with van der Waals surface area (Å²) < 4.78 is 5.06. The number of rotatable bonds is 7. The van der Waals surface area contributed by atoms with E-state index >= 15 is 0 Å². The van der Waals surface area contributed by atoms with E-state index in [0.717, 1.165) is 26.1 Å². The Balaban J connectivity index is 4.19. The Bertz CT molecular complexity index is 181. The van der Waals surface area contributed by atoms with Gasteiger partial charge in [-0.05, 0) is 12.3 Å². The Hall–Kier alpha value is -0.770. The fourth-order valence-electron chi connectivity index (χ4n) is 1.27. The Kier molecular flexibility index (Phi) is 8.09. The molecule has 0 aliphatic rings. The summed E-state index contributed by atoms with van der Waals surface area (Å²) in [6.45, 7) is 9.68. The van der Waals surface area contributed by atoms with E-state index in [1.807, 2.05) is 0 Å². The van der Waals surface area contributed by atoms with Crippen LogP contribution in [0.5, 0.6) is 0 Å². The largest absolute Gasteiger partial charge is 0.383 e. The van der Waals surface area contributed by atoms with Gasteiger partial charge < -0.3 is 15.4 Å². The zero-order chi connectivity index (χ0) is 11.7. The van der Waals surface area contributed by atoms with Gasteiger partial charge in [-0.15, -0.1) is 0 Å². The fourth-order valence-corrected chi connectivity index (χ4v) is 1.27. The van der Waals surface area contributed by atoms with E-state index in [0.29, 0.717) is 18.5 Å². The summed E-state index contributed by atoms with van der Waals surface area (Å²) in [5.41, 5.74) is 5.91. The highest BCUT2D eigenvalue weighted by atomic mass is 16.5. The van der Waals surface area contributed by atoms with Crippen LogP contribution in [0.2, 0.25) is 0 Å². The third-order valence-corrected chi connectivity index (χ3v) is 1.97. The topological polar surface area (TPSA) is 50.8 Å². The molecule has 0 radical (unpaired) electrons. The van der Waals surface area contributed by atoms with E-state index in [9.17, 15) is 0 Å². The summed E-state index contributed by atoms with van der Waals surface area (Å²) >= 11 is 0. The molecule has 0 rings (SSSR count). The number of hydrogen-bond acceptors (Lipinski definition) is 2. The van der Waals surface area contributed by atoms with Crippen LogP contribution in [0, 0.1) is 5.92 Å². The molecule has 0 aromatic heterocycles. The molecule has 0 saturated heterocycles. The average molecular weight is 215 g/mol. The van der Waals surface area contributed by atoms with Crippen LogP contribution in [0.3, 0.4) is 0 Å². The number of nitrogens with two attached hydrogens (primary N) is 1. The molecule has 0 fully saturated rings. The first-order valence-corrected chi connectivity index (χ1v) is 5.65. The van der Waals surface area contributed by atoms with Crippen LogP contribution in [0.4, 0.5) is 0 Å². The average Bonchev–Trinajstić information content (AvgIpc) is 2.20. The Morgan fingerprint density at radius 3 is 2.60 bits per heavy atom. The Morgan fingerprint density at radius 1 is 1.47 bits per heavy atom. The second-order valence-electron chi connectivity index (χ2n) is 4.07. The first-order valence-electron chi connectivity index (χ1n) is 5.65. The molecule has 0 heterocycles. The van der Waals surface area contributed by atoms with Gasteiger partial charge in [-0.25, -0.2) is 0 Å². The number of ether oxygens (including phenoxy) is 1. The minimum Gasteiger partial charge on any atom is -0.383 e. The van der Waals surface area contributed by atoms with E-state index < -0.39 is 0 Å². The van der Waals surface area contributed by atoms with Crippen molar-refractivity contribution < 1.29 is 4.74 Å². The van der Waals surface area contributed by atoms with E-state index in [-0.39, 0.29) is 0 Å². The van der Waals surface area contributed by atoms with Crippen LogP contribution < -0.4 is 5.73 Å². The number of guanidine groups is 1. The highest BCUT2D eigenvalue weighted by Gasteiger charge is 2.08. The monoisotopic (exact) mass is 215 g/mol. The van der Waals surface area contributed by atoms with E-state index in [1.54, 1.807) is 7.11 Å². The molecular weight excluding hydrogens is 190 g/mol. The molecule has 4 heteroatoms. The van der Waals surface area contributed by atoms with Gasteiger partial charge in [0.25, 0.3) is 0 Å². The molecule has 0 bridgehead atoms. The smallest absolute Gasteiger partial charge is 0.191 e. The summed E-state index contributed by atoms with van der Waals surface area (Å²) in [6, 6.07) is 0. The Labute approximate surface area is 93.5 Å². The fraction of sp³-hybridized carbons (Fsp3) is 0.909. The predicted octanol–water partition coefficient (Wildman–Crippen LogP) is 1.32. The van der Waals surface area contributed by atoms with Crippen molar-refractivity contribution in [2.45, 2.75) is 27.2 Å². The lowest BCUT2D eigenvalue weighted by Crippen LogP contribution is -2.41. The van der Waals surface area contributed by atoms with Gasteiger partial charge in [0.15, 0.2) is 5.96 Å². The number of hydrogen-bond donors (Lipinski definition) is 1. The van der Waals surface area contributed by atoms with Crippen molar-refractivity contribution in [3.8, 4) is 0 Å². The quantitative estimate of drug-likeness (QED) is 0.514. The zero-order valence-electron chi connectivity index (χ0n) is 10.5. The second kappa shape index (κ2) is 8.53. The molecule has 0 aliphatic carbocycles. The summed E-state index contributed by atoms with van der Waals surface area (Å²) in [5, 5.41) is 0. The Morgan fingerprint density at radius 2 is 2.13 bits per heavy atom. The molecule has 2 N–H and O–H groups in total. The minimum absolute atomic E-state index is 0.581. The summed E-state index contributed by atoms with van der Waals surface area (Å²) in [7, 11) is 1.70. The second-order valence-corrected chi connectivity index (χ2v) is 4.07. The molecular formula is C11H25N3O. The molecule has 0 spiro atoms. The van der Waals surface area contributed by atoms with Crippen LogP contribution in [0.25, 0.3) is 0 Å². The maximum absolute atomic E-state index is 5.91. The number of methoxy groups -OCH3 is 1. The number of aliphatic imine (C=N–C) groups is 1. The molecule has 0 saturated carbocycles. The molecule has 0 amide bonds. The van der Waals surface area contributed by atoms with Gasteiger partial charge in [0.2, 0.25) is 0 Å². The maximum Gasteiger partial charge on any atom is 0.191 e. The molecule has 0 unspecified atom stereocenters. The molecule has 0 aromatic carbocycles. The molecule has 4 nitrogen and oxygen atoms in total. The van der Waals surface area contributed by atoms with Crippen molar-refractivity contribution in [3.63, 3.8) is 0 Å². The summed E-state index contributed by atoms with van der Waals surface area (Å²) in [5.74, 6) is 1.22. The lowest BCUT2D eigenvalue weighted by molar-refractivity contribution is 0.171. The molecule has 15 heavy (non-hydrogen) atoms. The van der Waals surface area contributed by atoms with Crippen molar-refractivity contribution in [1.82, 2.24) is 4.90 Å². The van der Waals surface area contributed by atoms with Crippen LogP contribution in [-0.4, -0.2) is 44.2 Å². The lowest BCUT2D eigenvalue weighted by atomic mass is 10.2. The SMILES string of the molecule is CCCN=C(N)N(CCOC)CC(C)C. The van der Waals surface area contributed by atoms with Crippen molar-refractivity contribution in [2.24, 2.45) is 16.6 Å². The van der Waals surface area contributed by atoms with Crippen LogP contribution in [0.1, 0.15) is 27.2 Å². The van der Waals surface area contributed by atoms with E-state index in [4.69, 9.17) is 10.5 Å². The highest BCUT2D eigenvalue weighted by Crippen LogP contribution is 1.98. The van der Waals surface area contributed by atoms with E-state index in [2.05, 4.69) is 30.7 Å². The standard InChI is InChI=1S/C11H25N3O/c1-5-6-13-11(12)14(7-8-15-4)9-10(2)3/h10H,5-9H2,1-4H3,(H2,12,13). The van der Waals surface area contributed by atoms with Crippen LogP contribution in [0.15, 0.2) is 4.99 Å². The van der Waals surface area contributed by atoms with Gasteiger partial charge in [-0.1, -0.05) is 20.8 Å². The third-order valence-electron chi connectivity index (χ3n) is 1.97. The number of nitrogens with zero attached hydrogens (tertiary/aromatic N) is 2. The lowest BCUT2D eigenvalue weighted by Gasteiger charge is -2.25. The summed E-state index contributed by atoms with van der Waals surface area (Å²) in [6.07, 6.45) is 1.03.